The number of halogens is 1. The zero-order valence-corrected chi connectivity index (χ0v) is 11.8. The lowest BCUT2D eigenvalue weighted by molar-refractivity contribution is -0.124. The van der Waals surface area contributed by atoms with E-state index in [-0.39, 0.29) is 5.91 Å². The van der Waals surface area contributed by atoms with Crippen molar-refractivity contribution in [3.63, 3.8) is 0 Å². The topological polar surface area (TPSA) is 64.7 Å². The van der Waals surface area contributed by atoms with Gasteiger partial charge in [0.2, 0.25) is 5.91 Å². The van der Waals surface area contributed by atoms with Crippen molar-refractivity contribution in [3.8, 4) is 0 Å². The molecule has 0 radical (unpaired) electrons. The highest BCUT2D eigenvalue weighted by Gasteiger charge is 2.18. The van der Waals surface area contributed by atoms with Crippen molar-refractivity contribution >= 4 is 17.5 Å². The van der Waals surface area contributed by atoms with Crippen LogP contribution in [0.25, 0.3) is 0 Å². The zero-order valence-electron chi connectivity index (χ0n) is 11.1. The predicted molar refractivity (Wildman–Crippen MR) is 71.7 cm³/mol. The maximum atomic E-state index is 12.1. The molecule has 2 heterocycles. The van der Waals surface area contributed by atoms with Crippen molar-refractivity contribution in [3.05, 3.63) is 34.9 Å². The van der Waals surface area contributed by atoms with Gasteiger partial charge in [-0.3, -0.25) is 14.2 Å². The molecule has 0 aliphatic rings. The molecule has 0 spiro atoms. The number of rotatable bonds is 4. The molecule has 0 saturated carbocycles. The quantitative estimate of drug-likeness (QED) is 0.923. The van der Waals surface area contributed by atoms with E-state index in [0.29, 0.717) is 11.6 Å². The lowest BCUT2D eigenvalue weighted by atomic mass is 10.3. The van der Waals surface area contributed by atoms with E-state index >= 15 is 0 Å². The predicted octanol–water partition coefficient (Wildman–Crippen LogP) is 1.46. The van der Waals surface area contributed by atoms with Gasteiger partial charge in [0.25, 0.3) is 0 Å². The third kappa shape index (κ3) is 2.78. The van der Waals surface area contributed by atoms with Crippen molar-refractivity contribution in [2.75, 3.05) is 0 Å². The largest absolute Gasteiger partial charge is 0.349 e. The maximum Gasteiger partial charge on any atom is 0.244 e. The van der Waals surface area contributed by atoms with Crippen LogP contribution in [0.4, 0.5) is 0 Å². The fourth-order valence-electron chi connectivity index (χ4n) is 1.80. The molecule has 19 heavy (non-hydrogen) atoms. The van der Waals surface area contributed by atoms with Gasteiger partial charge in [-0.1, -0.05) is 11.6 Å². The van der Waals surface area contributed by atoms with Crippen LogP contribution in [0.3, 0.4) is 0 Å². The summed E-state index contributed by atoms with van der Waals surface area (Å²) < 4.78 is 3.34. The Balaban J connectivity index is 2.00. The molecule has 1 atom stereocenters. The maximum absolute atomic E-state index is 12.1. The Morgan fingerprint density at radius 3 is 2.79 bits per heavy atom. The van der Waals surface area contributed by atoms with Crippen LogP contribution in [0.15, 0.2) is 18.5 Å². The summed E-state index contributed by atoms with van der Waals surface area (Å²) in [6, 6.07) is 1.46. The van der Waals surface area contributed by atoms with Crippen molar-refractivity contribution in [1.82, 2.24) is 24.9 Å². The van der Waals surface area contributed by atoms with Crippen LogP contribution in [-0.2, 0) is 18.4 Å². The Morgan fingerprint density at radius 1 is 1.53 bits per heavy atom. The van der Waals surface area contributed by atoms with Gasteiger partial charge >= 0.3 is 0 Å². The van der Waals surface area contributed by atoms with E-state index in [1.54, 1.807) is 28.7 Å². The van der Waals surface area contributed by atoms with Crippen LogP contribution < -0.4 is 5.32 Å². The Morgan fingerprint density at radius 2 is 2.26 bits per heavy atom. The second kappa shape index (κ2) is 5.44. The smallest absolute Gasteiger partial charge is 0.244 e. The molecule has 2 aromatic heterocycles. The summed E-state index contributed by atoms with van der Waals surface area (Å²) in [5, 5.41) is 11.6. The van der Waals surface area contributed by atoms with E-state index in [1.807, 2.05) is 20.0 Å². The molecule has 1 unspecified atom stereocenters. The molecule has 0 saturated heterocycles. The molecular weight excluding hydrogens is 266 g/mol. The number of hydrogen-bond donors (Lipinski definition) is 1. The number of amides is 1. The van der Waals surface area contributed by atoms with Gasteiger partial charge in [-0.2, -0.15) is 10.2 Å². The lowest BCUT2D eigenvalue weighted by Gasteiger charge is -2.14. The van der Waals surface area contributed by atoms with E-state index < -0.39 is 6.04 Å². The summed E-state index contributed by atoms with van der Waals surface area (Å²) >= 11 is 5.93. The summed E-state index contributed by atoms with van der Waals surface area (Å²) in [7, 11) is 1.84. The number of aromatic nitrogens is 4. The highest BCUT2D eigenvalue weighted by molar-refractivity contribution is 6.31. The number of nitrogens with zero attached hydrogens (tertiary/aromatic N) is 4. The van der Waals surface area contributed by atoms with Gasteiger partial charge in [0.05, 0.1) is 29.2 Å². The van der Waals surface area contributed by atoms with Crippen molar-refractivity contribution in [2.24, 2.45) is 7.05 Å². The molecule has 102 valence electrons. The number of carbonyl (C=O) groups excluding carboxylic acids is 1. The minimum Gasteiger partial charge on any atom is -0.349 e. The SMILES string of the molecule is Cc1c(Cl)cnn1C(C)C(=O)NCc1ccnn1C. The minimum atomic E-state index is -0.402. The average molecular weight is 282 g/mol. The van der Waals surface area contributed by atoms with E-state index in [1.165, 1.54) is 0 Å². The summed E-state index contributed by atoms with van der Waals surface area (Å²) in [5.41, 5.74) is 1.72. The molecule has 0 aromatic carbocycles. The second-order valence-electron chi connectivity index (χ2n) is 4.36. The van der Waals surface area contributed by atoms with Crippen LogP contribution in [0.1, 0.15) is 24.4 Å². The lowest BCUT2D eigenvalue weighted by Crippen LogP contribution is -2.32. The molecule has 1 N–H and O–H groups in total. The van der Waals surface area contributed by atoms with Gasteiger partial charge in [0.15, 0.2) is 0 Å². The van der Waals surface area contributed by atoms with E-state index in [4.69, 9.17) is 11.6 Å². The van der Waals surface area contributed by atoms with Crippen LogP contribution in [0.2, 0.25) is 5.02 Å². The van der Waals surface area contributed by atoms with E-state index in [9.17, 15) is 4.79 Å². The van der Waals surface area contributed by atoms with Crippen LogP contribution in [0, 0.1) is 6.92 Å². The second-order valence-corrected chi connectivity index (χ2v) is 4.77. The summed E-state index contributed by atoms with van der Waals surface area (Å²) in [6.45, 7) is 4.06. The van der Waals surface area contributed by atoms with Gasteiger partial charge in [-0.15, -0.1) is 0 Å². The summed E-state index contributed by atoms with van der Waals surface area (Å²) in [6.07, 6.45) is 3.24. The third-order valence-corrected chi connectivity index (χ3v) is 3.47. The first-order valence-corrected chi connectivity index (χ1v) is 6.32. The number of hydrogen-bond acceptors (Lipinski definition) is 3. The third-order valence-electron chi connectivity index (χ3n) is 3.10. The number of carbonyl (C=O) groups is 1. The van der Waals surface area contributed by atoms with Crippen molar-refractivity contribution in [1.29, 1.82) is 0 Å². The van der Waals surface area contributed by atoms with Crippen molar-refractivity contribution in [2.45, 2.75) is 26.4 Å². The molecule has 0 aliphatic carbocycles. The molecule has 0 bridgehead atoms. The fourth-order valence-corrected chi connectivity index (χ4v) is 1.93. The van der Waals surface area contributed by atoms with Gasteiger partial charge < -0.3 is 5.32 Å². The Bertz CT molecular complexity index is 589. The van der Waals surface area contributed by atoms with Crippen LogP contribution in [-0.4, -0.2) is 25.5 Å². The van der Waals surface area contributed by atoms with Crippen LogP contribution in [0.5, 0.6) is 0 Å². The zero-order chi connectivity index (χ0) is 14.0. The number of nitrogens with one attached hydrogen (secondary N) is 1. The average Bonchev–Trinajstić information content (AvgIpc) is 2.94. The van der Waals surface area contributed by atoms with Gasteiger partial charge in [0, 0.05) is 13.2 Å². The molecule has 1 amide bonds. The summed E-state index contributed by atoms with van der Waals surface area (Å²) in [5.74, 6) is -0.107. The van der Waals surface area contributed by atoms with Gasteiger partial charge in [0.1, 0.15) is 6.04 Å². The van der Waals surface area contributed by atoms with Crippen molar-refractivity contribution < 1.29 is 4.79 Å². The van der Waals surface area contributed by atoms with Gasteiger partial charge in [-0.25, -0.2) is 0 Å². The normalized spacial score (nSPS) is 12.4. The molecule has 0 aliphatic heterocycles. The Labute approximate surface area is 116 Å². The molecule has 0 fully saturated rings. The monoisotopic (exact) mass is 281 g/mol. The first kappa shape index (κ1) is 13.6. The molecular formula is C12H16ClN5O. The molecule has 6 nitrogen and oxygen atoms in total. The van der Waals surface area contributed by atoms with E-state index in [0.717, 1.165) is 11.4 Å². The minimum absolute atomic E-state index is 0.107. The molecule has 2 rings (SSSR count). The highest BCUT2D eigenvalue weighted by Crippen LogP contribution is 2.17. The highest BCUT2D eigenvalue weighted by atomic mass is 35.5. The Kier molecular flexibility index (Phi) is 3.90. The first-order valence-electron chi connectivity index (χ1n) is 5.95. The first-order chi connectivity index (χ1) is 9.00. The number of aryl methyl sites for hydroxylation is 1. The molecule has 7 heteroatoms. The Hall–Kier alpha value is -1.82. The fraction of sp³-hybridized carbons (Fsp3) is 0.417. The molecule has 2 aromatic rings. The van der Waals surface area contributed by atoms with Crippen LogP contribution >= 0.6 is 11.6 Å². The summed E-state index contributed by atoms with van der Waals surface area (Å²) in [4.78, 5) is 12.1. The standard InChI is InChI=1S/C12H16ClN5O/c1-8-11(13)7-16-18(8)9(2)12(19)14-6-10-4-5-15-17(10)3/h4-5,7,9H,6H2,1-3H3,(H,14,19). The van der Waals surface area contributed by atoms with E-state index in [2.05, 4.69) is 15.5 Å². The van der Waals surface area contributed by atoms with Gasteiger partial charge in [-0.05, 0) is 19.9 Å².